The first-order valence-corrected chi connectivity index (χ1v) is 11.1. The van der Waals surface area contributed by atoms with Gasteiger partial charge in [0.15, 0.2) is 0 Å². The lowest BCUT2D eigenvalue weighted by Crippen LogP contribution is -2.36. The van der Waals surface area contributed by atoms with Crippen LogP contribution in [-0.2, 0) is 14.8 Å². The highest BCUT2D eigenvalue weighted by Gasteiger charge is 2.18. The maximum absolute atomic E-state index is 12.2. The van der Waals surface area contributed by atoms with E-state index < -0.39 is 10.0 Å². The molecule has 1 amide bonds. The first kappa shape index (κ1) is 18.7. The van der Waals surface area contributed by atoms with Gasteiger partial charge in [0.1, 0.15) is 0 Å². The van der Waals surface area contributed by atoms with E-state index in [9.17, 15) is 13.2 Å². The number of amides is 1. The minimum Gasteiger partial charge on any atom is -0.411 e. The minimum atomic E-state index is -3.32. The molecule has 0 unspecified atom stereocenters. The third kappa shape index (κ3) is 5.21. The number of carbonyl (C=O) groups is 1. The summed E-state index contributed by atoms with van der Waals surface area (Å²) in [6, 6.07) is 6.61. The first-order valence-electron chi connectivity index (χ1n) is 8.23. The predicted molar refractivity (Wildman–Crippen MR) is 99.4 cm³/mol. The SMILES string of the molecule is CS(=O)(=O)Nc1ccc(-c2nnc(SCC(=O)N3CCCCC3)o2)cc1. The molecule has 0 spiro atoms. The van der Waals surface area contributed by atoms with Crippen molar-refractivity contribution >= 4 is 33.4 Å². The van der Waals surface area contributed by atoms with Gasteiger partial charge < -0.3 is 9.32 Å². The zero-order valence-corrected chi connectivity index (χ0v) is 16.0. The number of nitrogens with one attached hydrogen (secondary N) is 1. The molecular formula is C16H20N4O4S2. The quantitative estimate of drug-likeness (QED) is 0.746. The molecule has 8 nitrogen and oxygen atoms in total. The number of nitrogens with zero attached hydrogens (tertiary/aromatic N) is 3. The van der Waals surface area contributed by atoms with E-state index in [0.717, 1.165) is 32.2 Å². The maximum atomic E-state index is 12.2. The molecule has 1 aromatic heterocycles. The molecule has 3 rings (SSSR count). The largest absolute Gasteiger partial charge is 0.411 e. The molecule has 1 aromatic carbocycles. The van der Waals surface area contributed by atoms with Crippen molar-refractivity contribution in [2.75, 3.05) is 29.8 Å². The van der Waals surface area contributed by atoms with E-state index in [-0.39, 0.29) is 11.7 Å². The number of anilines is 1. The molecule has 26 heavy (non-hydrogen) atoms. The van der Waals surface area contributed by atoms with E-state index >= 15 is 0 Å². The Labute approximate surface area is 156 Å². The number of rotatable bonds is 6. The Hall–Kier alpha value is -2.07. The van der Waals surface area contributed by atoms with Crippen LogP contribution in [0.15, 0.2) is 33.9 Å². The highest BCUT2D eigenvalue weighted by molar-refractivity contribution is 7.99. The zero-order valence-electron chi connectivity index (χ0n) is 14.3. The van der Waals surface area contributed by atoms with Gasteiger partial charge in [-0.25, -0.2) is 8.42 Å². The summed E-state index contributed by atoms with van der Waals surface area (Å²) in [5.41, 5.74) is 1.13. The molecule has 0 aliphatic carbocycles. The normalized spacial score (nSPS) is 15.0. The van der Waals surface area contributed by atoms with Gasteiger partial charge in [0, 0.05) is 24.3 Å². The van der Waals surface area contributed by atoms with Gasteiger partial charge in [-0.1, -0.05) is 11.8 Å². The maximum Gasteiger partial charge on any atom is 0.277 e. The summed E-state index contributed by atoms with van der Waals surface area (Å²) in [6.07, 6.45) is 4.40. The van der Waals surface area contributed by atoms with Crippen molar-refractivity contribution in [2.24, 2.45) is 0 Å². The van der Waals surface area contributed by atoms with Crippen LogP contribution in [0.25, 0.3) is 11.5 Å². The van der Waals surface area contributed by atoms with Crippen molar-refractivity contribution in [1.82, 2.24) is 15.1 Å². The Bertz CT molecular complexity index is 859. The van der Waals surface area contributed by atoms with Crippen LogP contribution in [-0.4, -0.2) is 54.5 Å². The number of sulfonamides is 1. The molecule has 1 aliphatic rings. The van der Waals surface area contributed by atoms with Gasteiger partial charge in [0.2, 0.25) is 21.8 Å². The second-order valence-electron chi connectivity index (χ2n) is 6.05. The van der Waals surface area contributed by atoms with Crippen molar-refractivity contribution < 1.29 is 17.6 Å². The first-order chi connectivity index (χ1) is 12.4. The summed E-state index contributed by atoms with van der Waals surface area (Å²) in [4.78, 5) is 14.0. The van der Waals surface area contributed by atoms with Crippen molar-refractivity contribution in [3.8, 4) is 11.5 Å². The predicted octanol–water partition coefficient (Wildman–Crippen LogP) is 2.21. The summed E-state index contributed by atoms with van der Waals surface area (Å²) in [5.74, 6) is 0.688. The Morgan fingerprint density at radius 1 is 1.19 bits per heavy atom. The van der Waals surface area contributed by atoms with Crippen LogP contribution in [0.4, 0.5) is 5.69 Å². The third-order valence-corrected chi connectivity index (χ3v) is 5.28. The summed E-state index contributed by atoms with van der Waals surface area (Å²) < 4.78 is 30.4. The molecule has 0 atom stereocenters. The van der Waals surface area contributed by atoms with Crippen molar-refractivity contribution in [2.45, 2.75) is 24.5 Å². The molecule has 140 valence electrons. The summed E-state index contributed by atoms with van der Waals surface area (Å²) >= 11 is 1.23. The van der Waals surface area contributed by atoms with Crippen LogP contribution in [0, 0.1) is 0 Å². The molecule has 2 aromatic rings. The molecule has 1 aliphatic heterocycles. The topological polar surface area (TPSA) is 105 Å². The van der Waals surface area contributed by atoms with Gasteiger partial charge in [-0.15, -0.1) is 10.2 Å². The molecule has 2 heterocycles. The van der Waals surface area contributed by atoms with E-state index in [1.807, 2.05) is 4.90 Å². The van der Waals surface area contributed by atoms with Crippen LogP contribution in [0.2, 0.25) is 0 Å². The van der Waals surface area contributed by atoms with Crippen molar-refractivity contribution in [3.05, 3.63) is 24.3 Å². The molecule has 0 radical (unpaired) electrons. The molecular weight excluding hydrogens is 376 g/mol. The second-order valence-corrected chi connectivity index (χ2v) is 8.73. The Balaban J connectivity index is 1.58. The molecule has 10 heteroatoms. The molecule has 1 fully saturated rings. The van der Waals surface area contributed by atoms with Crippen molar-refractivity contribution in [1.29, 1.82) is 0 Å². The van der Waals surface area contributed by atoms with Crippen molar-refractivity contribution in [3.63, 3.8) is 0 Å². The number of piperidine rings is 1. The number of hydrogen-bond donors (Lipinski definition) is 1. The second kappa shape index (κ2) is 8.09. The van der Waals surface area contributed by atoms with E-state index in [4.69, 9.17) is 4.42 Å². The van der Waals surface area contributed by atoms with Gasteiger partial charge in [-0.3, -0.25) is 9.52 Å². The highest BCUT2D eigenvalue weighted by atomic mass is 32.2. The van der Waals surface area contributed by atoms with Crippen LogP contribution < -0.4 is 4.72 Å². The van der Waals surface area contributed by atoms with Gasteiger partial charge in [-0.2, -0.15) is 0 Å². The number of aromatic nitrogens is 2. The highest BCUT2D eigenvalue weighted by Crippen LogP contribution is 2.25. The number of hydrogen-bond acceptors (Lipinski definition) is 7. The van der Waals surface area contributed by atoms with Gasteiger partial charge in [-0.05, 0) is 43.5 Å². The van der Waals surface area contributed by atoms with E-state index in [2.05, 4.69) is 14.9 Å². The van der Waals surface area contributed by atoms with Crippen LogP contribution in [0.5, 0.6) is 0 Å². The Kier molecular flexibility index (Phi) is 5.82. The van der Waals surface area contributed by atoms with E-state index in [1.165, 1.54) is 18.2 Å². The van der Waals surface area contributed by atoms with Crippen LogP contribution in [0.1, 0.15) is 19.3 Å². The Morgan fingerprint density at radius 2 is 1.88 bits per heavy atom. The standard InChI is InChI=1S/C16H20N4O4S2/c1-26(22,23)19-13-7-5-12(6-8-13)15-17-18-16(24-15)25-11-14(21)20-9-3-2-4-10-20/h5-8,19H,2-4,9-11H2,1H3. The monoisotopic (exact) mass is 396 g/mol. The lowest BCUT2D eigenvalue weighted by molar-refractivity contribution is -0.129. The fourth-order valence-electron chi connectivity index (χ4n) is 2.64. The summed E-state index contributed by atoms with van der Waals surface area (Å²) in [5, 5.41) is 8.27. The van der Waals surface area contributed by atoms with Crippen LogP contribution in [0.3, 0.4) is 0 Å². The number of benzene rings is 1. The van der Waals surface area contributed by atoms with Gasteiger partial charge in [0.05, 0.1) is 12.0 Å². The smallest absolute Gasteiger partial charge is 0.277 e. The summed E-state index contributed by atoms with van der Waals surface area (Å²) in [7, 11) is -3.32. The molecule has 1 saturated heterocycles. The molecule has 0 bridgehead atoms. The summed E-state index contributed by atoms with van der Waals surface area (Å²) in [6.45, 7) is 1.64. The van der Waals surface area contributed by atoms with Gasteiger partial charge >= 0.3 is 0 Å². The third-order valence-electron chi connectivity index (χ3n) is 3.87. The average molecular weight is 396 g/mol. The number of likely N-dealkylation sites (tertiary alicyclic amines) is 1. The Morgan fingerprint density at radius 3 is 2.54 bits per heavy atom. The lowest BCUT2D eigenvalue weighted by atomic mass is 10.1. The lowest BCUT2D eigenvalue weighted by Gasteiger charge is -2.26. The van der Waals surface area contributed by atoms with Gasteiger partial charge in [0.25, 0.3) is 5.22 Å². The minimum absolute atomic E-state index is 0.0886. The average Bonchev–Trinajstić information content (AvgIpc) is 3.09. The molecule has 1 N–H and O–H groups in total. The number of carbonyl (C=O) groups excluding carboxylic acids is 1. The van der Waals surface area contributed by atoms with Crippen LogP contribution >= 0.6 is 11.8 Å². The van der Waals surface area contributed by atoms with E-state index in [0.29, 0.717) is 22.4 Å². The van der Waals surface area contributed by atoms with E-state index in [1.54, 1.807) is 24.3 Å². The fourth-order valence-corrected chi connectivity index (χ4v) is 3.87. The molecule has 0 saturated carbocycles. The number of thioether (sulfide) groups is 1. The zero-order chi connectivity index (χ0) is 18.6. The fraction of sp³-hybridized carbons (Fsp3) is 0.438.